The largest absolute Gasteiger partial charge is 0.495 e. The fourth-order valence-corrected chi connectivity index (χ4v) is 3.36. The number of aromatic carboxylic acids is 1. The Bertz CT molecular complexity index is 613. The van der Waals surface area contributed by atoms with E-state index in [0.29, 0.717) is 6.54 Å². The number of benzene rings is 1. The van der Waals surface area contributed by atoms with Gasteiger partial charge in [0.15, 0.2) is 0 Å². The number of hydrogen-bond acceptors (Lipinski definition) is 5. The van der Waals surface area contributed by atoms with Crippen molar-refractivity contribution in [3.63, 3.8) is 0 Å². The van der Waals surface area contributed by atoms with Crippen molar-refractivity contribution in [2.75, 3.05) is 27.7 Å². The van der Waals surface area contributed by atoms with Gasteiger partial charge in [0.25, 0.3) is 0 Å². The van der Waals surface area contributed by atoms with Gasteiger partial charge in [-0.25, -0.2) is 17.9 Å². The van der Waals surface area contributed by atoms with Crippen LogP contribution in [0.25, 0.3) is 0 Å². The second-order valence-corrected chi connectivity index (χ2v) is 6.64. The van der Waals surface area contributed by atoms with Crippen molar-refractivity contribution in [2.45, 2.75) is 17.9 Å². The van der Waals surface area contributed by atoms with E-state index in [-0.39, 0.29) is 22.3 Å². The molecular formula is C13H20N2O5S. The average Bonchev–Trinajstić information content (AvgIpc) is 2.36. The van der Waals surface area contributed by atoms with Gasteiger partial charge >= 0.3 is 5.97 Å². The maximum atomic E-state index is 12.4. The molecule has 0 aliphatic heterocycles. The Morgan fingerprint density at radius 3 is 2.52 bits per heavy atom. The average molecular weight is 316 g/mol. The number of carboxylic acid groups (broad SMARTS) is 1. The third-order valence-electron chi connectivity index (χ3n) is 2.70. The van der Waals surface area contributed by atoms with Crippen molar-refractivity contribution in [1.82, 2.24) is 9.62 Å². The van der Waals surface area contributed by atoms with E-state index < -0.39 is 16.0 Å². The summed E-state index contributed by atoms with van der Waals surface area (Å²) in [6.45, 7) is 2.24. The van der Waals surface area contributed by atoms with Gasteiger partial charge in [-0.15, -0.1) is 0 Å². The van der Waals surface area contributed by atoms with Gasteiger partial charge in [-0.1, -0.05) is 0 Å². The fourth-order valence-electron chi connectivity index (χ4n) is 1.93. The van der Waals surface area contributed by atoms with Gasteiger partial charge in [-0.3, -0.25) is 0 Å². The maximum absolute atomic E-state index is 12.4. The molecule has 1 rings (SSSR count). The summed E-state index contributed by atoms with van der Waals surface area (Å²) in [5, 5.41) is 8.98. The van der Waals surface area contributed by atoms with Crippen molar-refractivity contribution in [3.05, 3.63) is 23.8 Å². The first-order chi connectivity index (χ1) is 9.67. The van der Waals surface area contributed by atoms with E-state index in [0.717, 1.165) is 6.07 Å². The second-order valence-electron chi connectivity index (χ2n) is 4.96. The highest BCUT2D eigenvalue weighted by molar-refractivity contribution is 7.89. The van der Waals surface area contributed by atoms with Gasteiger partial charge in [0.1, 0.15) is 10.6 Å². The number of ether oxygens (including phenoxy) is 1. The smallest absolute Gasteiger partial charge is 0.335 e. The first kappa shape index (κ1) is 17.4. The van der Waals surface area contributed by atoms with Crippen LogP contribution in [0.4, 0.5) is 0 Å². The minimum Gasteiger partial charge on any atom is -0.495 e. The monoisotopic (exact) mass is 316 g/mol. The summed E-state index contributed by atoms with van der Waals surface area (Å²) in [6, 6.07) is 3.38. The van der Waals surface area contributed by atoms with Gasteiger partial charge < -0.3 is 14.7 Å². The number of nitrogens with one attached hydrogen (secondary N) is 1. The minimum absolute atomic E-state index is 0.101. The molecule has 0 bridgehead atoms. The zero-order valence-electron chi connectivity index (χ0n) is 12.5. The number of methoxy groups -OCH3 is 1. The Morgan fingerprint density at radius 2 is 2.05 bits per heavy atom. The van der Waals surface area contributed by atoms with E-state index in [1.165, 1.54) is 19.2 Å². The summed E-state index contributed by atoms with van der Waals surface area (Å²) in [5.74, 6) is -1.10. The molecule has 0 radical (unpaired) electrons. The topological polar surface area (TPSA) is 95.9 Å². The van der Waals surface area contributed by atoms with Gasteiger partial charge in [0, 0.05) is 12.6 Å². The molecule has 0 amide bonds. The molecule has 0 aromatic heterocycles. The highest BCUT2D eigenvalue weighted by Gasteiger charge is 2.23. The predicted molar refractivity (Wildman–Crippen MR) is 78.3 cm³/mol. The predicted octanol–water partition coefficient (Wildman–Crippen LogP) is 0.622. The molecule has 1 aromatic rings. The lowest BCUT2D eigenvalue weighted by atomic mass is 10.2. The van der Waals surface area contributed by atoms with Crippen LogP contribution < -0.4 is 9.46 Å². The molecule has 2 N–H and O–H groups in total. The number of carbonyl (C=O) groups is 1. The van der Waals surface area contributed by atoms with E-state index in [1.54, 1.807) is 6.92 Å². The van der Waals surface area contributed by atoms with E-state index in [4.69, 9.17) is 9.84 Å². The van der Waals surface area contributed by atoms with Gasteiger partial charge in [-0.05, 0) is 39.2 Å². The second kappa shape index (κ2) is 6.88. The lowest BCUT2D eigenvalue weighted by Crippen LogP contribution is -2.39. The van der Waals surface area contributed by atoms with E-state index in [9.17, 15) is 13.2 Å². The molecule has 0 aliphatic rings. The molecule has 0 saturated heterocycles. The van der Waals surface area contributed by atoms with Crippen molar-refractivity contribution >= 4 is 16.0 Å². The molecule has 21 heavy (non-hydrogen) atoms. The number of likely N-dealkylation sites (N-methyl/N-ethyl adjacent to an activating group) is 1. The molecule has 0 saturated carbocycles. The van der Waals surface area contributed by atoms with Crippen LogP contribution in [0.1, 0.15) is 17.3 Å². The van der Waals surface area contributed by atoms with Crippen molar-refractivity contribution in [1.29, 1.82) is 0 Å². The number of rotatable bonds is 7. The van der Waals surface area contributed by atoms with Gasteiger partial charge in [-0.2, -0.15) is 0 Å². The number of nitrogens with zero attached hydrogens (tertiary/aromatic N) is 1. The molecule has 0 aliphatic carbocycles. The summed E-state index contributed by atoms with van der Waals surface area (Å²) in [4.78, 5) is 12.6. The first-order valence-corrected chi connectivity index (χ1v) is 7.74. The lowest BCUT2D eigenvalue weighted by molar-refractivity contribution is 0.0696. The van der Waals surface area contributed by atoms with Crippen LogP contribution in [0.15, 0.2) is 23.1 Å². The Hall–Kier alpha value is -1.64. The molecule has 0 heterocycles. The molecule has 0 fully saturated rings. The molecule has 1 unspecified atom stereocenters. The van der Waals surface area contributed by atoms with Crippen LogP contribution in [-0.2, 0) is 10.0 Å². The van der Waals surface area contributed by atoms with Crippen molar-refractivity contribution < 1.29 is 23.1 Å². The Kier molecular flexibility index (Phi) is 5.70. The lowest BCUT2D eigenvalue weighted by Gasteiger charge is -2.19. The summed E-state index contributed by atoms with van der Waals surface area (Å²) >= 11 is 0. The SMILES string of the molecule is COc1ccc(C(=O)O)cc1S(=O)(=O)NC(C)CN(C)C. The molecule has 1 atom stereocenters. The van der Waals surface area contributed by atoms with Crippen LogP contribution in [0.5, 0.6) is 5.75 Å². The van der Waals surface area contributed by atoms with Gasteiger partial charge in [0.2, 0.25) is 10.0 Å². The summed E-state index contributed by atoms with van der Waals surface area (Å²) in [5.41, 5.74) is -0.114. The highest BCUT2D eigenvalue weighted by Crippen LogP contribution is 2.25. The van der Waals surface area contributed by atoms with E-state index in [2.05, 4.69) is 4.72 Å². The maximum Gasteiger partial charge on any atom is 0.335 e. The third-order valence-corrected chi connectivity index (χ3v) is 4.31. The van der Waals surface area contributed by atoms with Crippen LogP contribution in [0.3, 0.4) is 0 Å². The third kappa shape index (κ3) is 4.69. The molecule has 8 heteroatoms. The molecule has 1 aromatic carbocycles. The van der Waals surface area contributed by atoms with Crippen LogP contribution >= 0.6 is 0 Å². The molecule has 0 spiro atoms. The molecule has 118 valence electrons. The molecule has 7 nitrogen and oxygen atoms in total. The van der Waals surface area contributed by atoms with Crippen molar-refractivity contribution in [2.24, 2.45) is 0 Å². The standard InChI is InChI=1S/C13H20N2O5S/c1-9(8-15(2)3)14-21(18,19)12-7-10(13(16)17)5-6-11(12)20-4/h5-7,9,14H,8H2,1-4H3,(H,16,17). The van der Waals surface area contributed by atoms with Crippen LogP contribution in [-0.4, -0.2) is 58.2 Å². The fraction of sp³-hybridized carbons (Fsp3) is 0.462. The summed E-state index contributed by atoms with van der Waals surface area (Å²) in [6.07, 6.45) is 0. The summed E-state index contributed by atoms with van der Waals surface area (Å²) in [7, 11) is 1.12. The zero-order chi connectivity index (χ0) is 16.2. The normalized spacial score (nSPS) is 13.2. The number of carboxylic acids is 1. The van der Waals surface area contributed by atoms with Gasteiger partial charge in [0.05, 0.1) is 12.7 Å². The van der Waals surface area contributed by atoms with E-state index in [1.807, 2.05) is 19.0 Å². The zero-order valence-corrected chi connectivity index (χ0v) is 13.3. The minimum atomic E-state index is -3.87. The van der Waals surface area contributed by atoms with E-state index >= 15 is 0 Å². The summed E-state index contributed by atoms with van der Waals surface area (Å²) < 4.78 is 32.3. The van der Waals surface area contributed by atoms with Crippen LogP contribution in [0.2, 0.25) is 0 Å². The van der Waals surface area contributed by atoms with Crippen molar-refractivity contribution in [3.8, 4) is 5.75 Å². The Morgan fingerprint density at radius 1 is 1.43 bits per heavy atom. The molecular weight excluding hydrogens is 296 g/mol. The highest BCUT2D eigenvalue weighted by atomic mass is 32.2. The van der Waals surface area contributed by atoms with Crippen LogP contribution in [0, 0.1) is 0 Å². The Balaban J connectivity index is 3.17. The number of sulfonamides is 1. The Labute approximate surface area is 124 Å². The number of hydrogen-bond donors (Lipinski definition) is 2. The first-order valence-electron chi connectivity index (χ1n) is 6.25. The quantitative estimate of drug-likeness (QED) is 0.765.